The van der Waals surface area contributed by atoms with E-state index in [-0.39, 0.29) is 34.5 Å². The molecule has 4 aromatic carbocycles. The number of esters is 1. The van der Waals surface area contributed by atoms with Crippen molar-refractivity contribution in [2.24, 2.45) is 0 Å². The standard InChI is InChI=1S/C34H28O9/c1-17(2)19-8-6-18(7-9-19)16-41-22-5-3-4-20(12-22)23-14-28(38)42-27-15-26(37)30-31(39)32(40)33(43-34(30)29(23)27)21-10-11-24(35)25(36)13-21/h3-13,15,17,23,35-37,40H,14,16H2,1-2H3. The van der Waals surface area contributed by atoms with Crippen LogP contribution in [0.3, 0.4) is 0 Å². The lowest BCUT2D eigenvalue weighted by molar-refractivity contribution is -0.135. The van der Waals surface area contributed by atoms with Gasteiger partial charge in [-0.25, -0.2) is 0 Å². The molecule has 4 N–H and O–H groups in total. The zero-order valence-electron chi connectivity index (χ0n) is 23.3. The maximum absolute atomic E-state index is 13.3. The third-order valence-corrected chi connectivity index (χ3v) is 7.62. The van der Waals surface area contributed by atoms with Gasteiger partial charge in [-0.15, -0.1) is 0 Å². The van der Waals surface area contributed by atoms with Crippen molar-refractivity contribution in [3.63, 3.8) is 0 Å². The molecule has 0 fully saturated rings. The Kier molecular flexibility index (Phi) is 6.93. The van der Waals surface area contributed by atoms with E-state index in [2.05, 4.69) is 26.0 Å². The van der Waals surface area contributed by atoms with Gasteiger partial charge < -0.3 is 34.3 Å². The van der Waals surface area contributed by atoms with Gasteiger partial charge in [-0.2, -0.15) is 0 Å². The smallest absolute Gasteiger partial charge is 0.312 e. The van der Waals surface area contributed by atoms with Crippen LogP contribution in [0.5, 0.6) is 34.5 Å². The van der Waals surface area contributed by atoms with Crippen molar-refractivity contribution in [1.82, 2.24) is 0 Å². The summed E-state index contributed by atoms with van der Waals surface area (Å²) in [6.07, 6.45) is -0.0904. The van der Waals surface area contributed by atoms with E-state index in [0.717, 1.165) is 17.7 Å². The number of rotatable bonds is 6. The minimum atomic E-state index is -0.916. The average molecular weight is 581 g/mol. The molecule has 1 unspecified atom stereocenters. The third kappa shape index (κ3) is 5.10. The molecule has 43 heavy (non-hydrogen) atoms. The van der Waals surface area contributed by atoms with E-state index < -0.39 is 40.3 Å². The predicted octanol–water partition coefficient (Wildman–Crippen LogP) is 6.43. The maximum Gasteiger partial charge on any atom is 0.312 e. The van der Waals surface area contributed by atoms with Gasteiger partial charge in [0, 0.05) is 23.1 Å². The number of ether oxygens (including phenoxy) is 2. The van der Waals surface area contributed by atoms with Gasteiger partial charge in [0.2, 0.25) is 11.2 Å². The molecule has 2 heterocycles. The minimum absolute atomic E-state index is 0.0103. The summed E-state index contributed by atoms with van der Waals surface area (Å²) in [5, 5.41) is 40.9. The summed E-state index contributed by atoms with van der Waals surface area (Å²) in [5.41, 5.74) is 2.33. The first-order valence-corrected chi connectivity index (χ1v) is 13.7. The van der Waals surface area contributed by atoms with Gasteiger partial charge in [0.1, 0.15) is 34.8 Å². The van der Waals surface area contributed by atoms with Crippen LogP contribution in [0.15, 0.2) is 82.0 Å². The van der Waals surface area contributed by atoms with Crippen molar-refractivity contribution < 1.29 is 39.1 Å². The van der Waals surface area contributed by atoms with Gasteiger partial charge >= 0.3 is 5.97 Å². The fraction of sp³-hybridized carbons (Fsp3) is 0.176. The highest BCUT2D eigenvalue weighted by atomic mass is 16.5. The number of hydrogen-bond acceptors (Lipinski definition) is 9. The fourth-order valence-electron chi connectivity index (χ4n) is 5.31. The van der Waals surface area contributed by atoms with Gasteiger partial charge in [-0.3, -0.25) is 9.59 Å². The second kappa shape index (κ2) is 10.8. The van der Waals surface area contributed by atoms with Gasteiger partial charge in [-0.1, -0.05) is 50.2 Å². The number of fused-ring (bicyclic) bond motifs is 3. The Morgan fingerprint density at radius 1 is 0.884 bits per heavy atom. The van der Waals surface area contributed by atoms with Crippen molar-refractivity contribution in [2.75, 3.05) is 0 Å². The number of benzene rings is 4. The molecular weight excluding hydrogens is 552 g/mol. The van der Waals surface area contributed by atoms with E-state index in [1.165, 1.54) is 17.7 Å². The third-order valence-electron chi connectivity index (χ3n) is 7.62. The van der Waals surface area contributed by atoms with Crippen LogP contribution in [-0.4, -0.2) is 26.4 Å². The molecule has 9 nitrogen and oxygen atoms in total. The van der Waals surface area contributed by atoms with Crippen LogP contribution in [0.4, 0.5) is 0 Å². The van der Waals surface area contributed by atoms with Gasteiger partial charge in [0.25, 0.3) is 0 Å². The van der Waals surface area contributed by atoms with Crippen LogP contribution in [0.2, 0.25) is 0 Å². The highest BCUT2D eigenvalue weighted by Gasteiger charge is 2.34. The summed E-state index contributed by atoms with van der Waals surface area (Å²) in [4.78, 5) is 26.0. The molecule has 0 spiro atoms. The van der Waals surface area contributed by atoms with Crippen LogP contribution < -0.4 is 14.9 Å². The minimum Gasteiger partial charge on any atom is -0.507 e. The second-order valence-corrected chi connectivity index (χ2v) is 10.8. The van der Waals surface area contributed by atoms with Crippen molar-refractivity contribution in [1.29, 1.82) is 0 Å². The van der Waals surface area contributed by atoms with E-state index >= 15 is 0 Å². The Labute approximate surface area is 245 Å². The van der Waals surface area contributed by atoms with Crippen molar-refractivity contribution in [3.8, 4) is 45.8 Å². The molecule has 0 bridgehead atoms. The van der Waals surface area contributed by atoms with Crippen molar-refractivity contribution >= 4 is 16.9 Å². The number of phenols is 3. The molecule has 9 heteroatoms. The zero-order valence-corrected chi connectivity index (χ0v) is 23.3. The summed E-state index contributed by atoms with van der Waals surface area (Å²) in [6.45, 7) is 4.60. The summed E-state index contributed by atoms with van der Waals surface area (Å²) < 4.78 is 17.6. The molecule has 6 rings (SSSR count). The van der Waals surface area contributed by atoms with Crippen LogP contribution >= 0.6 is 0 Å². The van der Waals surface area contributed by atoms with Crippen molar-refractivity contribution in [2.45, 2.75) is 38.7 Å². The number of carbonyl (C=O) groups is 1. The number of aromatic hydroxyl groups is 4. The second-order valence-electron chi connectivity index (χ2n) is 10.8. The average Bonchev–Trinajstić information content (AvgIpc) is 2.99. The molecule has 1 atom stereocenters. The number of hydrogen-bond donors (Lipinski definition) is 4. The number of carbonyl (C=O) groups excluding carboxylic acids is 1. The highest BCUT2D eigenvalue weighted by molar-refractivity contribution is 5.94. The number of phenolic OH excluding ortho intramolecular Hbond substituents is 3. The van der Waals surface area contributed by atoms with E-state index in [1.807, 2.05) is 18.2 Å². The fourth-order valence-corrected chi connectivity index (χ4v) is 5.31. The first-order valence-electron chi connectivity index (χ1n) is 13.7. The Balaban J connectivity index is 1.44. The molecule has 1 aliphatic heterocycles. The lowest BCUT2D eigenvalue weighted by Crippen LogP contribution is -2.22. The molecule has 0 saturated heterocycles. The van der Waals surface area contributed by atoms with Gasteiger partial charge in [0.05, 0.1) is 6.42 Å². The monoisotopic (exact) mass is 580 g/mol. The highest BCUT2D eigenvalue weighted by Crippen LogP contribution is 2.47. The van der Waals surface area contributed by atoms with Crippen LogP contribution in [0, 0.1) is 0 Å². The largest absolute Gasteiger partial charge is 0.507 e. The molecular formula is C34H28O9. The Hall–Kier alpha value is -5.44. The Morgan fingerprint density at radius 2 is 1.65 bits per heavy atom. The molecule has 1 aliphatic rings. The first-order chi connectivity index (χ1) is 20.6. The summed E-state index contributed by atoms with van der Waals surface area (Å²) in [5.74, 6) is -2.71. The summed E-state index contributed by atoms with van der Waals surface area (Å²) >= 11 is 0. The van der Waals surface area contributed by atoms with E-state index in [0.29, 0.717) is 29.4 Å². The molecule has 0 aliphatic carbocycles. The first kappa shape index (κ1) is 27.7. The van der Waals surface area contributed by atoms with E-state index in [1.54, 1.807) is 18.2 Å². The zero-order chi connectivity index (χ0) is 30.4. The van der Waals surface area contributed by atoms with Crippen LogP contribution in [0.1, 0.15) is 54.4 Å². The lowest BCUT2D eigenvalue weighted by atomic mass is 9.85. The summed E-state index contributed by atoms with van der Waals surface area (Å²) in [6, 6.07) is 20.2. The van der Waals surface area contributed by atoms with E-state index in [9.17, 15) is 30.0 Å². The quantitative estimate of drug-likeness (QED) is 0.101. The normalized spacial score (nSPS) is 14.5. The van der Waals surface area contributed by atoms with E-state index in [4.69, 9.17) is 13.9 Å². The lowest BCUT2D eigenvalue weighted by Gasteiger charge is -2.26. The molecule has 1 aromatic heterocycles. The van der Waals surface area contributed by atoms with Crippen molar-refractivity contribution in [3.05, 3.63) is 105 Å². The topological polar surface area (TPSA) is 147 Å². The van der Waals surface area contributed by atoms with Crippen LogP contribution in [-0.2, 0) is 11.4 Å². The van der Waals surface area contributed by atoms with Crippen LogP contribution in [0.25, 0.3) is 22.3 Å². The Bertz CT molecular complexity index is 1940. The van der Waals surface area contributed by atoms with Gasteiger partial charge in [0.15, 0.2) is 17.3 Å². The Morgan fingerprint density at radius 3 is 2.37 bits per heavy atom. The predicted molar refractivity (Wildman–Crippen MR) is 158 cm³/mol. The molecule has 0 radical (unpaired) electrons. The molecule has 218 valence electrons. The molecule has 0 saturated carbocycles. The molecule has 0 amide bonds. The van der Waals surface area contributed by atoms with Gasteiger partial charge in [-0.05, 0) is 52.9 Å². The summed E-state index contributed by atoms with van der Waals surface area (Å²) in [7, 11) is 0. The SMILES string of the molecule is CC(C)c1ccc(COc2cccc(C3CC(=O)Oc4cc(O)c5c(=O)c(O)c(-c6ccc(O)c(O)c6)oc5c43)c2)cc1. The maximum atomic E-state index is 13.3. The molecule has 5 aromatic rings.